The number of aliphatic imine (C=N–C) groups is 1. The summed E-state index contributed by atoms with van der Waals surface area (Å²) >= 11 is 0. The molecule has 0 amide bonds. The van der Waals surface area contributed by atoms with E-state index in [1.165, 1.54) is 12.8 Å². The lowest BCUT2D eigenvalue weighted by Crippen LogP contribution is -2.14. The number of hydrogen-bond donors (Lipinski definition) is 0. The molecule has 0 fully saturated rings. The van der Waals surface area contributed by atoms with Gasteiger partial charge in [0.05, 0.1) is 0 Å². The van der Waals surface area contributed by atoms with Crippen LogP contribution in [0.4, 0.5) is 0 Å². The van der Waals surface area contributed by atoms with E-state index >= 15 is 0 Å². The Morgan fingerprint density at radius 3 is 2.40 bits per heavy atom. The summed E-state index contributed by atoms with van der Waals surface area (Å²) in [6.07, 6.45) is 8.66. The first kappa shape index (κ1) is 7.52. The van der Waals surface area contributed by atoms with E-state index in [-0.39, 0.29) is 0 Å². The fraction of sp³-hybridized carbons (Fsp3) is 0.667. The average molecular weight is 137 g/mol. The highest BCUT2D eigenvalue weighted by Crippen LogP contribution is 2.21. The highest BCUT2D eigenvalue weighted by atomic mass is 14.7. The van der Waals surface area contributed by atoms with Crippen LogP contribution in [0.2, 0.25) is 0 Å². The molecule has 0 aromatic carbocycles. The topological polar surface area (TPSA) is 12.4 Å². The summed E-state index contributed by atoms with van der Waals surface area (Å²) in [6.45, 7) is 4.45. The minimum Gasteiger partial charge on any atom is -0.269 e. The van der Waals surface area contributed by atoms with Crippen molar-refractivity contribution in [2.45, 2.75) is 26.7 Å². The lowest BCUT2D eigenvalue weighted by Gasteiger charge is -2.19. The van der Waals surface area contributed by atoms with Gasteiger partial charge in [-0.3, -0.25) is 4.99 Å². The van der Waals surface area contributed by atoms with Gasteiger partial charge in [-0.1, -0.05) is 19.9 Å². The van der Waals surface area contributed by atoms with Gasteiger partial charge in [-0.15, -0.1) is 0 Å². The third-order valence-corrected chi connectivity index (χ3v) is 2.19. The SMILES string of the molecule is CCC1C=CN=CC1CC. The van der Waals surface area contributed by atoms with Gasteiger partial charge < -0.3 is 0 Å². The molecule has 0 bridgehead atoms. The first-order valence-electron chi connectivity index (χ1n) is 4.08. The molecule has 0 aliphatic carbocycles. The Morgan fingerprint density at radius 1 is 1.20 bits per heavy atom. The minimum atomic E-state index is 0.690. The van der Waals surface area contributed by atoms with E-state index in [9.17, 15) is 0 Å². The average Bonchev–Trinajstić information content (AvgIpc) is 2.04. The third kappa shape index (κ3) is 1.47. The maximum absolute atomic E-state index is 4.12. The zero-order valence-corrected chi connectivity index (χ0v) is 6.75. The van der Waals surface area contributed by atoms with Crippen LogP contribution in [0.3, 0.4) is 0 Å². The lowest BCUT2D eigenvalue weighted by molar-refractivity contribution is 0.477. The van der Waals surface area contributed by atoms with E-state index in [2.05, 4.69) is 31.1 Å². The highest BCUT2D eigenvalue weighted by Gasteiger charge is 2.14. The first-order valence-corrected chi connectivity index (χ1v) is 4.08. The second-order valence-electron chi connectivity index (χ2n) is 2.78. The van der Waals surface area contributed by atoms with Crippen LogP contribution in [0, 0.1) is 11.8 Å². The quantitative estimate of drug-likeness (QED) is 0.554. The summed E-state index contributed by atoms with van der Waals surface area (Å²) in [7, 11) is 0. The van der Waals surface area contributed by atoms with Crippen molar-refractivity contribution in [1.82, 2.24) is 0 Å². The Balaban J connectivity index is 2.55. The van der Waals surface area contributed by atoms with E-state index in [0.29, 0.717) is 5.92 Å². The van der Waals surface area contributed by atoms with E-state index < -0.39 is 0 Å². The van der Waals surface area contributed by atoms with Gasteiger partial charge in [0.1, 0.15) is 0 Å². The number of nitrogens with zero attached hydrogens (tertiary/aromatic N) is 1. The molecule has 0 saturated carbocycles. The van der Waals surface area contributed by atoms with Gasteiger partial charge in [-0.25, -0.2) is 0 Å². The van der Waals surface area contributed by atoms with Crippen LogP contribution in [0.15, 0.2) is 17.3 Å². The molecular formula is C9H15N. The molecular weight excluding hydrogens is 122 g/mol. The second kappa shape index (κ2) is 3.55. The summed E-state index contributed by atoms with van der Waals surface area (Å²) in [4.78, 5) is 4.12. The Kier molecular flexibility index (Phi) is 2.67. The van der Waals surface area contributed by atoms with Crippen LogP contribution in [0.5, 0.6) is 0 Å². The summed E-state index contributed by atoms with van der Waals surface area (Å²) < 4.78 is 0. The summed E-state index contributed by atoms with van der Waals surface area (Å²) in [5.41, 5.74) is 0. The second-order valence-corrected chi connectivity index (χ2v) is 2.78. The van der Waals surface area contributed by atoms with Crippen molar-refractivity contribution in [2.24, 2.45) is 16.8 Å². The molecule has 0 aromatic rings. The normalized spacial score (nSPS) is 31.0. The summed E-state index contributed by atoms with van der Waals surface area (Å²) in [5, 5.41) is 0. The van der Waals surface area contributed by atoms with Gasteiger partial charge in [0.25, 0.3) is 0 Å². The molecule has 0 aromatic heterocycles. The lowest BCUT2D eigenvalue weighted by atomic mass is 9.88. The number of allylic oxidation sites excluding steroid dienone is 1. The van der Waals surface area contributed by atoms with Crippen LogP contribution in [-0.4, -0.2) is 6.21 Å². The van der Waals surface area contributed by atoms with Crippen molar-refractivity contribution in [3.8, 4) is 0 Å². The van der Waals surface area contributed by atoms with Crippen LogP contribution in [0.1, 0.15) is 26.7 Å². The first-order chi connectivity index (χ1) is 4.88. The number of rotatable bonds is 2. The summed E-state index contributed by atoms with van der Waals surface area (Å²) in [5.74, 6) is 1.43. The van der Waals surface area contributed by atoms with Crippen LogP contribution >= 0.6 is 0 Å². The highest BCUT2D eigenvalue weighted by molar-refractivity contribution is 5.63. The van der Waals surface area contributed by atoms with Gasteiger partial charge in [-0.05, 0) is 18.8 Å². The Labute approximate surface area is 62.9 Å². The Morgan fingerprint density at radius 2 is 1.90 bits per heavy atom. The maximum atomic E-state index is 4.12. The van der Waals surface area contributed by atoms with E-state index in [0.717, 1.165) is 5.92 Å². The van der Waals surface area contributed by atoms with E-state index in [4.69, 9.17) is 0 Å². The van der Waals surface area contributed by atoms with Crippen molar-refractivity contribution in [3.05, 3.63) is 12.3 Å². The molecule has 2 unspecified atom stereocenters. The Hall–Kier alpha value is -0.590. The smallest absolute Gasteiger partial charge is 0.0227 e. The molecule has 1 rings (SSSR count). The van der Waals surface area contributed by atoms with Crippen LogP contribution in [0.25, 0.3) is 0 Å². The third-order valence-electron chi connectivity index (χ3n) is 2.19. The van der Waals surface area contributed by atoms with Crippen molar-refractivity contribution >= 4 is 6.21 Å². The van der Waals surface area contributed by atoms with Crippen LogP contribution in [-0.2, 0) is 0 Å². The van der Waals surface area contributed by atoms with Gasteiger partial charge in [0.2, 0.25) is 0 Å². The fourth-order valence-corrected chi connectivity index (χ4v) is 1.42. The summed E-state index contributed by atoms with van der Waals surface area (Å²) in [6, 6.07) is 0. The fourth-order valence-electron chi connectivity index (χ4n) is 1.42. The standard InChI is InChI=1S/C9H15N/c1-3-8-5-6-10-7-9(8)4-2/h5-9H,3-4H2,1-2H3. The molecule has 0 radical (unpaired) electrons. The van der Waals surface area contributed by atoms with E-state index in [1.807, 2.05) is 6.20 Å². The van der Waals surface area contributed by atoms with Gasteiger partial charge in [0, 0.05) is 18.3 Å². The Bertz CT molecular complexity index is 129. The monoisotopic (exact) mass is 137 g/mol. The van der Waals surface area contributed by atoms with Crippen molar-refractivity contribution in [3.63, 3.8) is 0 Å². The maximum Gasteiger partial charge on any atom is 0.0227 e. The molecule has 0 N–H and O–H groups in total. The molecule has 1 heteroatoms. The molecule has 56 valence electrons. The van der Waals surface area contributed by atoms with Crippen molar-refractivity contribution in [1.29, 1.82) is 0 Å². The number of hydrogen-bond acceptors (Lipinski definition) is 1. The minimum absolute atomic E-state index is 0.690. The van der Waals surface area contributed by atoms with Gasteiger partial charge >= 0.3 is 0 Å². The zero-order valence-electron chi connectivity index (χ0n) is 6.75. The predicted molar refractivity (Wildman–Crippen MR) is 45.2 cm³/mol. The zero-order chi connectivity index (χ0) is 7.40. The largest absolute Gasteiger partial charge is 0.269 e. The molecule has 0 saturated heterocycles. The van der Waals surface area contributed by atoms with Gasteiger partial charge in [-0.2, -0.15) is 0 Å². The van der Waals surface area contributed by atoms with Crippen molar-refractivity contribution in [2.75, 3.05) is 0 Å². The van der Waals surface area contributed by atoms with Crippen LogP contribution < -0.4 is 0 Å². The molecule has 1 heterocycles. The molecule has 1 aliphatic rings. The van der Waals surface area contributed by atoms with Gasteiger partial charge in [0.15, 0.2) is 0 Å². The molecule has 10 heavy (non-hydrogen) atoms. The van der Waals surface area contributed by atoms with E-state index in [1.54, 1.807) is 0 Å². The molecule has 1 aliphatic heterocycles. The molecule has 2 atom stereocenters. The molecule has 1 nitrogen and oxygen atoms in total. The van der Waals surface area contributed by atoms with Crippen molar-refractivity contribution < 1.29 is 0 Å². The predicted octanol–water partition coefficient (Wildman–Crippen LogP) is 2.64. The molecule has 0 spiro atoms.